The lowest BCUT2D eigenvalue weighted by atomic mass is 9.73. The lowest BCUT2D eigenvalue weighted by Gasteiger charge is -2.29. The van der Waals surface area contributed by atoms with Crippen molar-refractivity contribution in [3.8, 4) is 11.1 Å². The van der Waals surface area contributed by atoms with Crippen LogP contribution >= 0.6 is 11.6 Å². The Kier molecular flexibility index (Phi) is 5.00. The van der Waals surface area contributed by atoms with Gasteiger partial charge in [0.1, 0.15) is 5.84 Å². The van der Waals surface area contributed by atoms with Crippen LogP contribution in [0.1, 0.15) is 24.8 Å². The van der Waals surface area contributed by atoms with E-state index in [0.717, 1.165) is 29.5 Å². The number of aliphatic hydroxyl groups excluding tert-OH is 2. The number of nitrogens with zero attached hydrogens (tertiary/aromatic N) is 1. The monoisotopic (exact) mass is 398 g/mol. The molecule has 4 rings (SSSR count). The Balaban J connectivity index is 1.74. The number of halogens is 1. The van der Waals surface area contributed by atoms with Crippen LogP contribution in [-0.2, 0) is 10.2 Å². The van der Waals surface area contributed by atoms with Crippen molar-refractivity contribution >= 4 is 23.3 Å². The van der Waals surface area contributed by atoms with Crippen LogP contribution in [0.2, 0.25) is 5.02 Å². The van der Waals surface area contributed by atoms with Gasteiger partial charge in [0.15, 0.2) is 0 Å². The van der Waals surface area contributed by atoms with Crippen molar-refractivity contribution in [2.75, 3.05) is 13.2 Å². The minimum absolute atomic E-state index is 0.0450. The Hall–Kier alpha value is -2.21. The Morgan fingerprint density at radius 2 is 1.86 bits per heavy atom. The van der Waals surface area contributed by atoms with Gasteiger partial charge in [-0.3, -0.25) is 15.1 Å². The van der Waals surface area contributed by atoms with E-state index in [1.54, 1.807) is 0 Å². The van der Waals surface area contributed by atoms with Crippen LogP contribution in [0.4, 0.5) is 0 Å². The van der Waals surface area contributed by atoms with Gasteiger partial charge in [-0.05, 0) is 47.6 Å². The molecule has 1 amide bonds. The normalized spacial score (nSPS) is 23.3. The smallest absolute Gasteiger partial charge is 0.239 e. The first-order chi connectivity index (χ1) is 13.5. The molecule has 28 heavy (non-hydrogen) atoms. The van der Waals surface area contributed by atoms with E-state index in [0.29, 0.717) is 11.4 Å². The first kappa shape index (κ1) is 19.1. The highest BCUT2D eigenvalue weighted by Crippen LogP contribution is 2.54. The summed E-state index contributed by atoms with van der Waals surface area (Å²) < 4.78 is 0. The summed E-state index contributed by atoms with van der Waals surface area (Å²) in [5.41, 5.74) is 2.10. The molecule has 0 aromatic heterocycles. The van der Waals surface area contributed by atoms with E-state index >= 15 is 0 Å². The maximum absolute atomic E-state index is 13.4. The maximum Gasteiger partial charge on any atom is 0.239 e. The largest absolute Gasteiger partial charge is 0.394 e. The minimum atomic E-state index is -1.04. The highest BCUT2D eigenvalue weighted by Gasteiger charge is 2.58. The van der Waals surface area contributed by atoms with E-state index in [-0.39, 0.29) is 24.2 Å². The van der Waals surface area contributed by atoms with Gasteiger partial charge in [0.05, 0.1) is 24.7 Å². The number of nitrogens with one attached hydrogen (secondary N) is 1. The fourth-order valence-corrected chi connectivity index (χ4v) is 4.45. The number of aliphatic hydroxyl groups is 2. The van der Waals surface area contributed by atoms with Crippen molar-refractivity contribution in [3.63, 3.8) is 0 Å². The molecule has 2 aliphatic rings. The number of β-amino-alcohol motifs (C(OH)–C–C–N with tert-alkyl or cyclic N) is 1. The van der Waals surface area contributed by atoms with E-state index in [2.05, 4.69) is 0 Å². The molecule has 3 N–H and O–H groups in total. The van der Waals surface area contributed by atoms with Crippen LogP contribution in [0.25, 0.3) is 11.1 Å². The number of hydrogen-bond donors (Lipinski definition) is 3. The van der Waals surface area contributed by atoms with Gasteiger partial charge in [-0.1, -0.05) is 48.0 Å². The molecule has 1 saturated carbocycles. The Morgan fingerprint density at radius 3 is 2.50 bits per heavy atom. The quantitative estimate of drug-likeness (QED) is 0.698. The Labute approximate surface area is 169 Å². The van der Waals surface area contributed by atoms with Crippen molar-refractivity contribution in [1.29, 1.82) is 5.41 Å². The Bertz CT molecular complexity index is 928. The molecule has 1 aliphatic carbocycles. The zero-order valence-corrected chi connectivity index (χ0v) is 16.2. The lowest BCUT2D eigenvalue weighted by molar-refractivity contribution is -0.132. The highest BCUT2D eigenvalue weighted by molar-refractivity contribution is 6.30. The number of amidine groups is 1. The zero-order chi connectivity index (χ0) is 19.9. The number of carbonyl (C=O) groups is 1. The molecule has 146 valence electrons. The topological polar surface area (TPSA) is 84.6 Å². The Morgan fingerprint density at radius 1 is 1.18 bits per heavy atom. The molecule has 2 fully saturated rings. The van der Waals surface area contributed by atoms with Crippen molar-refractivity contribution in [1.82, 2.24) is 4.90 Å². The molecular weight excluding hydrogens is 376 g/mol. The van der Waals surface area contributed by atoms with Gasteiger partial charge in [-0.15, -0.1) is 0 Å². The van der Waals surface area contributed by atoms with Gasteiger partial charge in [0.2, 0.25) is 5.91 Å². The van der Waals surface area contributed by atoms with Crippen molar-refractivity contribution in [2.45, 2.75) is 30.8 Å². The molecule has 2 aromatic rings. The molecule has 2 atom stereocenters. The summed E-state index contributed by atoms with van der Waals surface area (Å²) in [5.74, 6) is 0.263. The lowest BCUT2D eigenvalue weighted by Crippen LogP contribution is -2.43. The van der Waals surface area contributed by atoms with Crippen LogP contribution in [0.15, 0.2) is 48.5 Å². The first-order valence-corrected chi connectivity index (χ1v) is 9.88. The highest BCUT2D eigenvalue weighted by atomic mass is 35.5. The third-order valence-electron chi connectivity index (χ3n) is 5.81. The molecule has 0 bridgehead atoms. The number of benzene rings is 2. The van der Waals surface area contributed by atoms with Crippen molar-refractivity contribution in [3.05, 3.63) is 59.1 Å². The predicted octanol–water partition coefficient (Wildman–Crippen LogP) is 3.22. The van der Waals surface area contributed by atoms with E-state index in [9.17, 15) is 9.90 Å². The third kappa shape index (κ3) is 3.24. The summed E-state index contributed by atoms with van der Waals surface area (Å²) in [6.45, 7) is -0.478. The van der Waals surface area contributed by atoms with E-state index in [1.165, 1.54) is 4.90 Å². The maximum atomic E-state index is 13.4. The summed E-state index contributed by atoms with van der Waals surface area (Å²) in [4.78, 5) is 14.8. The molecule has 0 radical (unpaired) electrons. The molecule has 1 saturated heterocycles. The summed E-state index contributed by atoms with van der Waals surface area (Å²) >= 11 is 6.14. The van der Waals surface area contributed by atoms with Crippen LogP contribution in [0.3, 0.4) is 0 Å². The fourth-order valence-electron chi connectivity index (χ4n) is 4.26. The number of rotatable bonds is 6. The summed E-state index contributed by atoms with van der Waals surface area (Å²) in [7, 11) is 0. The zero-order valence-electron chi connectivity index (χ0n) is 15.4. The second-order valence-electron chi connectivity index (χ2n) is 7.71. The third-order valence-corrected chi connectivity index (χ3v) is 6.05. The van der Waals surface area contributed by atoms with E-state index < -0.39 is 18.1 Å². The van der Waals surface area contributed by atoms with Gasteiger partial charge in [-0.25, -0.2) is 0 Å². The van der Waals surface area contributed by atoms with Gasteiger partial charge in [0, 0.05) is 11.4 Å². The minimum Gasteiger partial charge on any atom is -0.394 e. The molecule has 1 aliphatic heterocycles. The number of hydrogen-bond acceptors (Lipinski definition) is 4. The molecule has 0 spiro atoms. The van der Waals surface area contributed by atoms with Crippen LogP contribution in [0.5, 0.6) is 0 Å². The average molecular weight is 399 g/mol. The molecule has 6 heteroatoms. The second-order valence-corrected chi connectivity index (χ2v) is 8.15. The van der Waals surface area contributed by atoms with E-state index in [1.807, 2.05) is 48.5 Å². The summed E-state index contributed by atoms with van der Waals surface area (Å²) in [6.07, 6.45) is 1.19. The van der Waals surface area contributed by atoms with Gasteiger partial charge >= 0.3 is 0 Å². The van der Waals surface area contributed by atoms with Crippen molar-refractivity contribution in [2.24, 2.45) is 5.92 Å². The first-order valence-electron chi connectivity index (χ1n) is 9.50. The predicted molar refractivity (Wildman–Crippen MR) is 108 cm³/mol. The summed E-state index contributed by atoms with van der Waals surface area (Å²) in [6, 6.07) is 15.5. The molecular formula is C22H23ClN2O3. The fraction of sp³-hybridized carbons (Fsp3) is 0.364. The summed E-state index contributed by atoms with van der Waals surface area (Å²) in [5, 5.41) is 28.0. The second kappa shape index (κ2) is 7.32. The standard InChI is InChI=1S/C22H23ClN2O3/c23-18-6-2-4-15(10-18)14-3-1-5-17(9-14)22(16-7-8-16)11-20(24)25(21(22)28)12-19(27)13-26/h1-6,9-10,16,19,24,26-27H,7-8,11-13H2. The molecule has 5 nitrogen and oxygen atoms in total. The number of carbonyl (C=O) groups excluding carboxylic acids is 1. The molecule has 1 heterocycles. The van der Waals surface area contributed by atoms with Crippen molar-refractivity contribution < 1.29 is 15.0 Å². The van der Waals surface area contributed by atoms with Gasteiger partial charge in [0.25, 0.3) is 0 Å². The van der Waals surface area contributed by atoms with Gasteiger partial charge in [-0.2, -0.15) is 0 Å². The molecule has 2 unspecified atom stereocenters. The van der Waals surface area contributed by atoms with Crippen LogP contribution in [0, 0.1) is 11.3 Å². The van der Waals surface area contributed by atoms with Crippen LogP contribution in [-0.4, -0.2) is 46.1 Å². The number of likely N-dealkylation sites (tertiary alicyclic amines) is 1. The number of amides is 1. The average Bonchev–Trinajstić information content (AvgIpc) is 3.51. The SMILES string of the molecule is N=C1CC(c2cccc(-c3cccc(Cl)c3)c2)(C2CC2)C(=O)N1CC(O)CO. The molecule has 2 aromatic carbocycles. The van der Waals surface area contributed by atoms with E-state index in [4.69, 9.17) is 22.1 Å². The van der Waals surface area contributed by atoms with Crippen LogP contribution < -0.4 is 0 Å². The van der Waals surface area contributed by atoms with Gasteiger partial charge < -0.3 is 10.2 Å².